The van der Waals surface area contributed by atoms with E-state index in [9.17, 15) is 14.4 Å². The molecule has 7 nitrogen and oxygen atoms in total. The van der Waals surface area contributed by atoms with Gasteiger partial charge in [0.1, 0.15) is 5.70 Å². The molecule has 2 aromatic heterocycles. The van der Waals surface area contributed by atoms with Crippen LogP contribution in [0, 0.1) is 0 Å². The molecule has 0 bridgehead atoms. The molecule has 0 spiro atoms. The predicted molar refractivity (Wildman–Crippen MR) is 182 cm³/mol. The van der Waals surface area contributed by atoms with E-state index in [0.29, 0.717) is 27.8 Å². The summed E-state index contributed by atoms with van der Waals surface area (Å²) in [6.07, 6.45) is 2.23. The van der Waals surface area contributed by atoms with Crippen molar-refractivity contribution in [1.29, 1.82) is 0 Å². The number of hydrogen-bond donors (Lipinski definition) is 3. The van der Waals surface area contributed by atoms with Gasteiger partial charge in [0.05, 0.1) is 10.9 Å². The second-order valence-electron chi connectivity index (χ2n) is 9.42. The zero-order chi connectivity index (χ0) is 30.9. The van der Waals surface area contributed by atoms with Crippen molar-refractivity contribution in [1.82, 2.24) is 10.3 Å². The van der Waals surface area contributed by atoms with E-state index in [0.717, 1.165) is 21.0 Å². The number of halogens is 1. The molecule has 5 rings (SSSR count). The topological polar surface area (TPSA) is 100 Å². The number of carbonyl (C=O) groups is 3. The number of amides is 3. The standard InChI is InChI=1S/C33H27ClN4O3S3/c1-2-29(32(41)38-33-37-28(20-43-33)21-13-15-23(34)16-14-21)44-26-11-6-10-24(18-26)35-31(40)27(19-25-12-7-17-42-25)36-30(39)22-8-4-3-5-9-22/h3-20,29H,2H2,1H3,(H,35,40)(H,36,39)(H,37,38,41)/b27-19-. The Morgan fingerprint density at radius 1 is 0.932 bits per heavy atom. The number of benzene rings is 3. The normalized spacial score (nSPS) is 11.9. The number of thiophene rings is 1. The zero-order valence-corrected chi connectivity index (χ0v) is 26.7. The number of nitrogens with zero attached hydrogens (tertiary/aromatic N) is 1. The van der Waals surface area contributed by atoms with Gasteiger partial charge in [0, 0.05) is 37.0 Å². The SMILES string of the molecule is CCC(Sc1cccc(NC(=O)/C(=C/c2cccs2)NC(=O)c2ccccc2)c1)C(=O)Nc1nc(-c2ccc(Cl)cc2)cs1. The minimum absolute atomic E-state index is 0.117. The predicted octanol–water partition coefficient (Wildman–Crippen LogP) is 8.44. The number of anilines is 2. The van der Waals surface area contributed by atoms with Crippen molar-refractivity contribution in [3.8, 4) is 11.3 Å². The van der Waals surface area contributed by atoms with E-state index < -0.39 is 5.91 Å². The molecule has 0 saturated heterocycles. The average molecular weight is 659 g/mol. The summed E-state index contributed by atoms with van der Waals surface area (Å²) in [6.45, 7) is 1.95. The first-order chi connectivity index (χ1) is 21.4. The van der Waals surface area contributed by atoms with Crippen LogP contribution in [0.1, 0.15) is 28.6 Å². The van der Waals surface area contributed by atoms with E-state index >= 15 is 0 Å². The Kier molecular flexibility index (Phi) is 10.6. The van der Waals surface area contributed by atoms with Crippen LogP contribution in [0.5, 0.6) is 0 Å². The second kappa shape index (κ2) is 15.0. The average Bonchev–Trinajstić information content (AvgIpc) is 3.73. The third kappa shape index (κ3) is 8.45. The lowest BCUT2D eigenvalue weighted by atomic mass is 10.2. The molecule has 0 fully saturated rings. The summed E-state index contributed by atoms with van der Waals surface area (Å²) in [5.41, 5.74) is 2.78. The number of carbonyl (C=O) groups excluding carboxylic acids is 3. The third-order valence-corrected chi connectivity index (χ3v) is 9.45. The number of aromatic nitrogens is 1. The summed E-state index contributed by atoms with van der Waals surface area (Å²) >= 11 is 10.2. The molecule has 0 radical (unpaired) electrons. The molecule has 1 unspecified atom stereocenters. The van der Waals surface area contributed by atoms with E-state index in [1.165, 1.54) is 34.4 Å². The molecule has 3 amide bonds. The van der Waals surface area contributed by atoms with Crippen LogP contribution >= 0.6 is 46.0 Å². The summed E-state index contributed by atoms with van der Waals surface area (Å²) in [5.74, 6) is -1.01. The van der Waals surface area contributed by atoms with Crippen molar-refractivity contribution in [2.24, 2.45) is 0 Å². The summed E-state index contributed by atoms with van der Waals surface area (Å²) in [4.78, 5) is 45.6. The van der Waals surface area contributed by atoms with Gasteiger partial charge >= 0.3 is 0 Å². The lowest BCUT2D eigenvalue weighted by Crippen LogP contribution is -2.30. The van der Waals surface area contributed by atoms with Crippen molar-refractivity contribution in [2.45, 2.75) is 23.5 Å². The van der Waals surface area contributed by atoms with Gasteiger partial charge in [-0.15, -0.1) is 34.4 Å². The molecule has 3 aromatic carbocycles. The van der Waals surface area contributed by atoms with Crippen molar-refractivity contribution in [3.63, 3.8) is 0 Å². The molecule has 11 heteroatoms. The van der Waals surface area contributed by atoms with Crippen LogP contribution in [0.4, 0.5) is 10.8 Å². The van der Waals surface area contributed by atoms with E-state index in [4.69, 9.17) is 11.6 Å². The minimum atomic E-state index is -0.463. The maximum absolute atomic E-state index is 13.4. The molecule has 5 aromatic rings. The van der Waals surface area contributed by atoms with Gasteiger partial charge < -0.3 is 16.0 Å². The second-order valence-corrected chi connectivity index (χ2v) is 13.0. The van der Waals surface area contributed by atoms with Gasteiger partial charge in [-0.1, -0.05) is 61.0 Å². The van der Waals surface area contributed by atoms with Crippen molar-refractivity contribution < 1.29 is 14.4 Å². The molecular formula is C33H27ClN4O3S3. The lowest BCUT2D eigenvalue weighted by molar-refractivity contribution is -0.116. The van der Waals surface area contributed by atoms with Crippen molar-refractivity contribution in [3.05, 3.63) is 123 Å². The number of thiazole rings is 1. The Balaban J connectivity index is 1.25. The monoisotopic (exact) mass is 658 g/mol. The number of nitrogens with one attached hydrogen (secondary N) is 3. The molecule has 0 saturated carbocycles. The van der Waals surface area contributed by atoms with Crippen LogP contribution in [-0.2, 0) is 9.59 Å². The largest absolute Gasteiger partial charge is 0.321 e. The summed E-state index contributed by atoms with van der Waals surface area (Å²) < 4.78 is 0. The quantitative estimate of drug-likeness (QED) is 0.0977. The summed E-state index contributed by atoms with van der Waals surface area (Å²) in [7, 11) is 0. The molecule has 3 N–H and O–H groups in total. The zero-order valence-electron chi connectivity index (χ0n) is 23.5. The Morgan fingerprint density at radius 2 is 1.73 bits per heavy atom. The van der Waals surface area contributed by atoms with Crippen LogP contribution in [0.3, 0.4) is 0 Å². The highest BCUT2D eigenvalue weighted by molar-refractivity contribution is 8.00. The molecule has 2 heterocycles. The Morgan fingerprint density at radius 3 is 2.45 bits per heavy atom. The minimum Gasteiger partial charge on any atom is -0.321 e. The Labute approximate surface area is 272 Å². The highest BCUT2D eigenvalue weighted by atomic mass is 35.5. The fourth-order valence-corrected chi connectivity index (χ4v) is 6.58. The van der Waals surface area contributed by atoms with Gasteiger partial charge in [0.2, 0.25) is 5.91 Å². The first kappa shape index (κ1) is 31.2. The van der Waals surface area contributed by atoms with E-state index in [-0.39, 0.29) is 22.8 Å². The van der Waals surface area contributed by atoms with Gasteiger partial charge in [-0.05, 0) is 66.4 Å². The number of rotatable bonds is 11. The summed E-state index contributed by atoms with van der Waals surface area (Å²) in [5, 5.41) is 13.1. The smallest absolute Gasteiger partial charge is 0.272 e. The van der Waals surface area contributed by atoms with Crippen LogP contribution < -0.4 is 16.0 Å². The van der Waals surface area contributed by atoms with Crippen molar-refractivity contribution >= 4 is 80.7 Å². The van der Waals surface area contributed by atoms with Gasteiger partial charge in [-0.3, -0.25) is 14.4 Å². The maximum atomic E-state index is 13.4. The van der Waals surface area contributed by atoms with Crippen LogP contribution in [0.2, 0.25) is 5.02 Å². The fraction of sp³-hybridized carbons (Fsp3) is 0.0909. The maximum Gasteiger partial charge on any atom is 0.272 e. The van der Waals surface area contributed by atoms with Gasteiger partial charge in [-0.25, -0.2) is 4.98 Å². The van der Waals surface area contributed by atoms with E-state index in [2.05, 4.69) is 20.9 Å². The van der Waals surface area contributed by atoms with E-state index in [1.807, 2.05) is 66.2 Å². The third-order valence-electron chi connectivity index (χ3n) is 6.27. The lowest BCUT2D eigenvalue weighted by Gasteiger charge is -2.15. The first-order valence-electron chi connectivity index (χ1n) is 13.6. The van der Waals surface area contributed by atoms with Crippen molar-refractivity contribution in [2.75, 3.05) is 10.6 Å². The Hall–Kier alpha value is -4.22. The van der Waals surface area contributed by atoms with Crippen LogP contribution in [0.15, 0.2) is 112 Å². The van der Waals surface area contributed by atoms with E-state index in [1.54, 1.807) is 48.5 Å². The molecular weight excluding hydrogens is 632 g/mol. The number of hydrogen-bond acceptors (Lipinski definition) is 7. The first-order valence-corrected chi connectivity index (χ1v) is 16.6. The molecule has 0 aliphatic rings. The van der Waals surface area contributed by atoms with Crippen LogP contribution in [-0.4, -0.2) is 28.0 Å². The number of thioether (sulfide) groups is 1. The van der Waals surface area contributed by atoms with Gasteiger partial charge in [-0.2, -0.15) is 0 Å². The molecule has 1 atom stereocenters. The summed E-state index contributed by atoms with van der Waals surface area (Å²) in [6, 6.07) is 27.1. The highest BCUT2D eigenvalue weighted by Crippen LogP contribution is 2.30. The Bertz CT molecular complexity index is 1770. The molecule has 222 valence electrons. The molecule has 0 aliphatic heterocycles. The molecule has 44 heavy (non-hydrogen) atoms. The highest BCUT2D eigenvalue weighted by Gasteiger charge is 2.20. The molecule has 0 aliphatic carbocycles. The van der Waals surface area contributed by atoms with Gasteiger partial charge in [0.25, 0.3) is 11.8 Å². The fourth-order valence-electron chi connectivity index (χ4n) is 4.06. The van der Waals surface area contributed by atoms with Crippen LogP contribution in [0.25, 0.3) is 17.3 Å². The van der Waals surface area contributed by atoms with Gasteiger partial charge in [0.15, 0.2) is 5.13 Å².